The van der Waals surface area contributed by atoms with Gasteiger partial charge in [0.25, 0.3) is 0 Å². The molecule has 0 saturated heterocycles. The van der Waals surface area contributed by atoms with Crippen molar-refractivity contribution < 1.29 is 14.7 Å². The topological polar surface area (TPSA) is 102 Å². The van der Waals surface area contributed by atoms with Gasteiger partial charge < -0.3 is 15.7 Å². The first kappa shape index (κ1) is 16.6. The third kappa shape index (κ3) is 7.78. The molecule has 0 radical (unpaired) electrons. The van der Waals surface area contributed by atoms with Crippen LogP contribution in [0.5, 0.6) is 0 Å². The summed E-state index contributed by atoms with van der Waals surface area (Å²) in [5, 5.41) is 21.3. The molecule has 6 nitrogen and oxygen atoms in total. The number of carbonyl (C=O) groups excluding carboxylic acids is 1. The second-order valence-corrected chi connectivity index (χ2v) is 4.25. The van der Waals surface area contributed by atoms with E-state index in [1.807, 2.05) is 0 Å². The Hall–Kier alpha value is -1.43. The summed E-state index contributed by atoms with van der Waals surface area (Å²) >= 11 is 0. The Bertz CT molecular complexity index is 292. The fourth-order valence-corrected chi connectivity index (χ4v) is 1.60. The lowest BCUT2D eigenvalue weighted by atomic mass is 9.98. The minimum absolute atomic E-state index is 0.0440. The smallest absolute Gasteiger partial charge is 0.349 e. The van der Waals surface area contributed by atoms with Crippen LogP contribution in [0.15, 0.2) is 0 Å². The number of carbonyl (C=O) groups is 2. The number of carboxylic acids is 1. The Balaban J connectivity index is 3.73. The van der Waals surface area contributed by atoms with Crippen LogP contribution >= 0.6 is 0 Å². The highest BCUT2D eigenvalue weighted by molar-refractivity contribution is 6.34. The normalized spacial score (nSPS) is 11.9. The Morgan fingerprint density at radius 2 is 2.06 bits per heavy atom. The van der Waals surface area contributed by atoms with Gasteiger partial charge in [0.15, 0.2) is 0 Å². The number of amides is 1. The zero-order valence-electron chi connectivity index (χ0n) is 11.1. The molecule has 1 amide bonds. The quantitative estimate of drug-likeness (QED) is 0.431. The second-order valence-electron chi connectivity index (χ2n) is 4.25. The minimum Gasteiger partial charge on any atom is -0.477 e. The van der Waals surface area contributed by atoms with Crippen LogP contribution in [0.3, 0.4) is 0 Å². The van der Waals surface area contributed by atoms with Gasteiger partial charge in [-0.3, -0.25) is 10.2 Å². The van der Waals surface area contributed by atoms with Gasteiger partial charge in [-0.1, -0.05) is 13.3 Å². The Morgan fingerprint density at radius 1 is 1.39 bits per heavy atom. The number of carboxylic acid groups (broad SMARTS) is 1. The Labute approximate surface area is 108 Å². The summed E-state index contributed by atoms with van der Waals surface area (Å²) in [4.78, 5) is 21.4. The SMILES string of the molecule is CCC(CCCC(=N)C(=O)O)CNCC(=O)NC. The van der Waals surface area contributed by atoms with Crippen molar-refractivity contribution in [2.24, 2.45) is 5.92 Å². The molecule has 6 heteroatoms. The molecule has 0 saturated carbocycles. The van der Waals surface area contributed by atoms with Crippen molar-refractivity contribution in [3.63, 3.8) is 0 Å². The molecule has 18 heavy (non-hydrogen) atoms. The standard InChI is InChI=1S/C12H23N3O3/c1-3-9(7-15-8-11(16)14-2)5-4-6-10(13)12(17)18/h9,13,15H,3-8H2,1-2H3,(H,14,16)(H,17,18). The van der Waals surface area contributed by atoms with Gasteiger partial charge in [-0.15, -0.1) is 0 Å². The summed E-state index contributed by atoms with van der Waals surface area (Å²) < 4.78 is 0. The number of hydrogen-bond donors (Lipinski definition) is 4. The molecule has 1 unspecified atom stereocenters. The van der Waals surface area contributed by atoms with Crippen molar-refractivity contribution in [1.82, 2.24) is 10.6 Å². The van der Waals surface area contributed by atoms with E-state index in [0.717, 1.165) is 19.4 Å². The molecule has 104 valence electrons. The fourth-order valence-electron chi connectivity index (χ4n) is 1.60. The van der Waals surface area contributed by atoms with Gasteiger partial charge in [-0.05, 0) is 31.7 Å². The Morgan fingerprint density at radius 3 is 2.56 bits per heavy atom. The zero-order chi connectivity index (χ0) is 14.0. The van der Waals surface area contributed by atoms with Crippen molar-refractivity contribution in [2.75, 3.05) is 20.1 Å². The molecule has 0 rings (SSSR count). The highest BCUT2D eigenvalue weighted by Crippen LogP contribution is 2.11. The number of rotatable bonds is 10. The van der Waals surface area contributed by atoms with Crippen molar-refractivity contribution in [3.05, 3.63) is 0 Å². The van der Waals surface area contributed by atoms with Gasteiger partial charge in [0, 0.05) is 7.05 Å². The van der Waals surface area contributed by atoms with Crippen molar-refractivity contribution in [2.45, 2.75) is 32.6 Å². The largest absolute Gasteiger partial charge is 0.477 e. The molecule has 0 aliphatic rings. The summed E-state index contributed by atoms with van der Waals surface area (Å²) in [5.41, 5.74) is -0.233. The van der Waals surface area contributed by atoms with Crippen LogP contribution in [0.2, 0.25) is 0 Å². The van der Waals surface area contributed by atoms with E-state index >= 15 is 0 Å². The van der Waals surface area contributed by atoms with E-state index in [2.05, 4.69) is 17.6 Å². The summed E-state index contributed by atoms with van der Waals surface area (Å²) in [7, 11) is 1.60. The lowest BCUT2D eigenvalue weighted by molar-refractivity contribution is -0.129. The number of aliphatic carboxylic acids is 1. The third-order valence-electron chi connectivity index (χ3n) is 2.87. The maximum Gasteiger partial charge on any atom is 0.349 e. The number of hydrogen-bond acceptors (Lipinski definition) is 4. The van der Waals surface area contributed by atoms with Crippen molar-refractivity contribution in [1.29, 1.82) is 5.41 Å². The van der Waals surface area contributed by atoms with Gasteiger partial charge >= 0.3 is 5.97 Å². The molecule has 1 atom stereocenters. The molecule has 0 heterocycles. The van der Waals surface area contributed by atoms with Gasteiger partial charge in [0.2, 0.25) is 5.91 Å². The van der Waals surface area contributed by atoms with Crippen LogP contribution in [-0.4, -0.2) is 42.8 Å². The van der Waals surface area contributed by atoms with E-state index < -0.39 is 5.97 Å². The van der Waals surface area contributed by atoms with Crippen LogP contribution in [-0.2, 0) is 9.59 Å². The van der Waals surface area contributed by atoms with Crippen LogP contribution in [0, 0.1) is 11.3 Å². The maximum atomic E-state index is 11.0. The van der Waals surface area contributed by atoms with Crippen molar-refractivity contribution >= 4 is 17.6 Å². The third-order valence-corrected chi connectivity index (χ3v) is 2.87. The van der Waals surface area contributed by atoms with E-state index in [1.165, 1.54) is 0 Å². The second kappa shape index (κ2) is 9.58. The first-order valence-electron chi connectivity index (χ1n) is 6.23. The van der Waals surface area contributed by atoms with Crippen LogP contribution in [0.1, 0.15) is 32.6 Å². The molecule has 0 spiro atoms. The molecule has 4 N–H and O–H groups in total. The molecule has 0 aliphatic carbocycles. The van der Waals surface area contributed by atoms with E-state index in [4.69, 9.17) is 10.5 Å². The van der Waals surface area contributed by atoms with Gasteiger partial charge in [-0.2, -0.15) is 0 Å². The highest BCUT2D eigenvalue weighted by Gasteiger charge is 2.10. The van der Waals surface area contributed by atoms with Crippen molar-refractivity contribution in [3.8, 4) is 0 Å². The fraction of sp³-hybridized carbons (Fsp3) is 0.750. The highest BCUT2D eigenvalue weighted by atomic mass is 16.4. The minimum atomic E-state index is -1.14. The predicted molar refractivity (Wildman–Crippen MR) is 69.9 cm³/mol. The van der Waals surface area contributed by atoms with E-state index in [0.29, 0.717) is 25.3 Å². The number of nitrogens with one attached hydrogen (secondary N) is 3. The molecular formula is C12H23N3O3. The average molecular weight is 257 g/mol. The predicted octanol–water partition coefficient (Wildman–Crippen LogP) is 0.623. The lowest BCUT2D eigenvalue weighted by Gasteiger charge is -2.15. The van der Waals surface area contributed by atoms with E-state index in [9.17, 15) is 9.59 Å². The molecule has 0 aliphatic heterocycles. The van der Waals surface area contributed by atoms with Crippen LogP contribution in [0.4, 0.5) is 0 Å². The van der Waals surface area contributed by atoms with Crippen LogP contribution < -0.4 is 10.6 Å². The lowest BCUT2D eigenvalue weighted by Crippen LogP contribution is -2.34. The molecule has 0 bridgehead atoms. The Kier molecular flexibility index (Phi) is 8.82. The summed E-state index contributed by atoms with van der Waals surface area (Å²) in [5.74, 6) is -0.769. The molecule has 0 aromatic rings. The molecular weight excluding hydrogens is 234 g/mol. The maximum absolute atomic E-state index is 11.0. The monoisotopic (exact) mass is 257 g/mol. The average Bonchev–Trinajstić information content (AvgIpc) is 2.36. The van der Waals surface area contributed by atoms with E-state index in [1.54, 1.807) is 7.05 Å². The van der Waals surface area contributed by atoms with Gasteiger partial charge in [-0.25, -0.2) is 4.79 Å². The molecule has 0 aromatic carbocycles. The molecule has 0 fully saturated rings. The summed E-state index contributed by atoms with van der Waals surface area (Å²) in [6.45, 7) is 3.11. The van der Waals surface area contributed by atoms with Gasteiger partial charge in [0.05, 0.1) is 6.54 Å². The van der Waals surface area contributed by atoms with E-state index in [-0.39, 0.29) is 11.6 Å². The number of likely N-dealkylation sites (N-methyl/N-ethyl adjacent to an activating group) is 1. The first-order chi connectivity index (χ1) is 8.51. The van der Waals surface area contributed by atoms with Gasteiger partial charge in [0.1, 0.15) is 5.71 Å². The zero-order valence-corrected chi connectivity index (χ0v) is 11.1. The molecule has 0 aromatic heterocycles. The summed E-state index contributed by atoms with van der Waals surface area (Å²) in [6, 6.07) is 0. The van der Waals surface area contributed by atoms with Crippen LogP contribution in [0.25, 0.3) is 0 Å². The first-order valence-corrected chi connectivity index (χ1v) is 6.23. The summed E-state index contributed by atoms with van der Waals surface area (Å²) in [6.07, 6.45) is 2.85.